The highest BCUT2D eigenvalue weighted by atomic mass is 32.2. The third-order valence-corrected chi connectivity index (χ3v) is 6.59. The van der Waals surface area contributed by atoms with Crippen molar-refractivity contribution in [1.82, 2.24) is 14.7 Å². The highest BCUT2D eigenvalue weighted by Gasteiger charge is 2.22. The van der Waals surface area contributed by atoms with Crippen molar-refractivity contribution in [3.63, 3.8) is 0 Å². The summed E-state index contributed by atoms with van der Waals surface area (Å²) >= 11 is 0. The van der Waals surface area contributed by atoms with Crippen LogP contribution in [0.25, 0.3) is 11.4 Å². The molecule has 0 saturated carbocycles. The van der Waals surface area contributed by atoms with Crippen molar-refractivity contribution in [2.45, 2.75) is 17.7 Å². The second kappa shape index (κ2) is 9.20. The van der Waals surface area contributed by atoms with Crippen LogP contribution in [0.3, 0.4) is 0 Å². The predicted octanol–water partition coefficient (Wildman–Crippen LogP) is 4.56. The van der Waals surface area contributed by atoms with Crippen molar-refractivity contribution in [3.05, 3.63) is 114 Å². The Kier molecular flexibility index (Phi) is 6.21. The van der Waals surface area contributed by atoms with Crippen LogP contribution < -0.4 is 4.72 Å². The first-order valence-corrected chi connectivity index (χ1v) is 11.5. The molecule has 4 aromatic rings. The van der Waals surface area contributed by atoms with E-state index in [0.29, 0.717) is 5.82 Å². The van der Waals surface area contributed by atoms with E-state index in [-0.39, 0.29) is 17.4 Å². The Morgan fingerprint density at radius 3 is 2.16 bits per heavy atom. The SMILES string of the molecule is Cc1ccc(S(=O)(=O)NCC(c2ccccc2)c2ccccc2-c2ncccn2)cc1. The molecular weight excluding hydrogens is 406 g/mol. The Hall–Kier alpha value is -3.35. The molecule has 1 heterocycles. The zero-order valence-electron chi connectivity index (χ0n) is 17.1. The summed E-state index contributed by atoms with van der Waals surface area (Å²) < 4.78 is 28.7. The Balaban J connectivity index is 1.71. The van der Waals surface area contributed by atoms with Gasteiger partial charge in [-0.2, -0.15) is 0 Å². The van der Waals surface area contributed by atoms with Crippen LogP contribution in [0, 0.1) is 6.92 Å². The molecule has 1 N–H and O–H groups in total. The van der Waals surface area contributed by atoms with E-state index in [1.165, 1.54) is 0 Å². The molecule has 0 saturated heterocycles. The van der Waals surface area contributed by atoms with E-state index in [9.17, 15) is 8.42 Å². The van der Waals surface area contributed by atoms with Gasteiger partial charge in [-0.15, -0.1) is 0 Å². The van der Waals surface area contributed by atoms with Crippen LogP contribution in [-0.4, -0.2) is 24.9 Å². The van der Waals surface area contributed by atoms with Crippen LogP contribution in [0.4, 0.5) is 0 Å². The Bertz CT molecular complexity index is 1240. The zero-order valence-corrected chi connectivity index (χ0v) is 18.0. The highest BCUT2D eigenvalue weighted by Crippen LogP contribution is 2.31. The number of benzene rings is 3. The van der Waals surface area contributed by atoms with Crippen LogP contribution in [0.5, 0.6) is 0 Å². The molecular formula is C25H23N3O2S. The van der Waals surface area contributed by atoms with Crippen molar-refractivity contribution in [1.29, 1.82) is 0 Å². The fourth-order valence-corrected chi connectivity index (χ4v) is 4.58. The first kappa shape index (κ1) is 20.9. The topological polar surface area (TPSA) is 72.0 Å². The van der Waals surface area contributed by atoms with E-state index in [0.717, 1.165) is 22.3 Å². The van der Waals surface area contributed by atoms with Crippen LogP contribution >= 0.6 is 0 Å². The Labute approximate surface area is 182 Å². The lowest BCUT2D eigenvalue weighted by molar-refractivity contribution is 0.577. The van der Waals surface area contributed by atoms with Gasteiger partial charge in [0.2, 0.25) is 10.0 Å². The molecule has 5 nitrogen and oxygen atoms in total. The quantitative estimate of drug-likeness (QED) is 0.467. The first-order chi connectivity index (χ1) is 15.0. The van der Waals surface area contributed by atoms with E-state index < -0.39 is 10.0 Å². The third-order valence-electron chi connectivity index (χ3n) is 5.15. The van der Waals surface area contributed by atoms with Crippen molar-refractivity contribution in [2.24, 2.45) is 0 Å². The summed E-state index contributed by atoms with van der Waals surface area (Å²) in [5.74, 6) is 0.404. The molecule has 0 amide bonds. The maximum Gasteiger partial charge on any atom is 0.240 e. The average molecular weight is 430 g/mol. The standard InChI is InChI=1S/C25H23N3O2S/c1-19-12-14-21(15-13-19)31(29,30)28-18-24(20-8-3-2-4-9-20)22-10-5-6-11-23(22)25-26-16-7-17-27-25/h2-17,24,28H,18H2,1H3. The molecule has 4 rings (SSSR count). The molecule has 0 spiro atoms. The van der Waals surface area contributed by atoms with Gasteiger partial charge in [0.25, 0.3) is 0 Å². The predicted molar refractivity (Wildman–Crippen MR) is 122 cm³/mol. The summed E-state index contributed by atoms with van der Waals surface area (Å²) in [5, 5.41) is 0. The van der Waals surface area contributed by atoms with Crippen LogP contribution in [0.15, 0.2) is 102 Å². The normalized spacial score (nSPS) is 12.4. The number of aryl methyl sites for hydroxylation is 1. The summed E-state index contributed by atoms with van der Waals surface area (Å²) in [6, 6.07) is 26.4. The van der Waals surface area contributed by atoms with E-state index >= 15 is 0 Å². The summed E-state index contributed by atoms with van der Waals surface area (Å²) in [4.78, 5) is 9.06. The molecule has 3 aromatic carbocycles. The summed E-state index contributed by atoms with van der Waals surface area (Å²) in [5.41, 5.74) is 3.87. The highest BCUT2D eigenvalue weighted by molar-refractivity contribution is 7.89. The van der Waals surface area contributed by atoms with Gasteiger partial charge in [0.1, 0.15) is 0 Å². The number of sulfonamides is 1. The van der Waals surface area contributed by atoms with Gasteiger partial charge < -0.3 is 0 Å². The lowest BCUT2D eigenvalue weighted by atomic mass is 9.88. The molecule has 0 aliphatic heterocycles. The van der Waals surface area contributed by atoms with Gasteiger partial charge in [-0.3, -0.25) is 0 Å². The molecule has 6 heteroatoms. The smallest absolute Gasteiger partial charge is 0.237 e. The lowest BCUT2D eigenvalue weighted by Crippen LogP contribution is -2.29. The van der Waals surface area contributed by atoms with Gasteiger partial charge in [0, 0.05) is 30.4 Å². The number of nitrogens with one attached hydrogen (secondary N) is 1. The molecule has 0 fully saturated rings. The third kappa shape index (κ3) is 4.87. The molecule has 1 aromatic heterocycles. The maximum atomic E-state index is 12.9. The zero-order chi connectivity index (χ0) is 21.7. The second-order valence-electron chi connectivity index (χ2n) is 7.29. The molecule has 156 valence electrons. The van der Waals surface area contributed by atoms with E-state index in [1.54, 1.807) is 42.7 Å². The molecule has 0 aliphatic carbocycles. The number of hydrogen-bond donors (Lipinski definition) is 1. The molecule has 0 bridgehead atoms. The molecule has 0 radical (unpaired) electrons. The number of rotatable bonds is 7. The maximum absolute atomic E-state index is 12.9. The largest absolute Gasteiger partial charge is 0.240 e. The van der Waals surface area contributed by atoms with Crippen LogP contribution in [-0.2, 0) is 10.0 Å². The Morgan fingerprint density at radius 1 is 0.806 bits per heavy atom. The lowest BCUT2D eigenvalue weighted by Gasteiger charge is -2.21. The van der Waals surface area contributed by atoms with Crippen molar-refractivity contribution in [3.8, 4) is 11.4 Å². The molecule has 1 unspecified atom stereocenters. The van der Waals surface area contributed by atoms with Gasteiger partial charge in [-0.05, 0) is 36.2 Å². The van der Waals surface area contributed by atoms with Gasteiger partial charge in [-0.25, -0.2) is 23.1 Å². The number of nitrogens with zero attached hydrogens (tertiary/aromatic N) is 2. The fourth-order valence-electron chi connectivity index (χ4n) is 3.53. The first-order valence-electron chi connectivity index (χ1n) is 10.0. The number of aromatic nitrogens is 2. The van der Waals surface area contributed by atoms with E-state index in [4.69, 9.17) is 0 Å². The minimum absolute atomic E-state index is 0.207. The molecule has 0 aliphatic rings. The van der Waals surface area contributed by atoms with E-state index in [2.05, 4.69) is 14.7 Å². The minimum Gasteiger partial charge on any atom is -0.237 e. The molecule has 1 atom stereocenters. The van der Waals surface area contributed by atoms with Crippen LogP contribution in [0.1, 0.15) is 22.6 Å². The monoisotopic (exact) mass is 429 g/mol. The average Bonchev–Trinajstić information content (AvgIpc) is 2.81. The van der Waals surface area contributed by atoms with Crippen molar-refractivity contribution < 1.29 is 8.42 Å². The fraction of sp³-hybridized carbons (Fsp3) is 0.120. The van der Waals surface area contributed by atoms with Gasteiger partial charge in [-0.1, -0.05) is 72.3 Å². The Morgan fingerprint density at radius 2 is 1.45 bits per heavy atom. The van der Waals surface area contributed by atoms with E-state index in [1.807, 2.05) is 61.5 Å². The molecule has 31 heavy (non-hydrogen) atoms. The second-order valence-corrected chi connectivity index (χ2v) is 9.05. The van der Waals surface area contributed by atoms with Gasteiger partial charge in [0.15, 0.2) is 5.82 Å². The van der Waals surface area contributed by atoms with Crippen LogP contribution in [0.2, 0.25) is 0 Å². The van der Waals surface area contributed by atoms with Gasteiger partial charge >= 0.3 is 0 Å². The van der Waals surface area contributed by atoms with Gasteiger partial charge in [0.05, 0.1) is 4.90 Å². The summed E-state index contributed by atoms with van der Waals surface area (Å²) in [7, 11) is -3.65. The number of hydrogen-bond acceptors (Lipinski definition) is 4. The van der Waals surface area contributed by atoms with Crippen molar-refractivity contribution >= 4 is 10.0 Å². The minimum atomic E-state index is -3.65. The van der Waals surface area contributed by atoms with Crippen molar-refractivity contribution in [2.75, 3.05) is 6.54 Å². The summed E-state index contributed by atoms with van der Waals surface area (Å²) in [6.45, 7) is 2.14. The summed E-state index contributed by atoms with van der Waals surface area (Å²) in [6.07, 6.45) is 3.41.